The number of imide groups is 2. The Labute approximate surface area is 178 Å². The molecule has 3 rings (SSSR count). The minimum atomic E-state index is -0.949. The molecule has 4 amide bonds. The van der Waals surface area contributed by atoms with E-state index in [1.54, 1.807) is 0 Å². The number of nitrogens with one attached hydrogen (secondary N) is 1. The number of ether oxygens (including phenoxy) is 2. The lowest BCUT2D eigenvalue weighted by Crippen LogP contribution is -2.54. The summed E-state index contributed by atoms with van der Waals surface area (Å²) in [5, 5.41) is 2.08. The van der Waals surface area contributed by atoms with Gasteiger partial charge in [-0.15, -0.1) is 0 Å². The van der Waals surface area contributed by atoms with Crippen molar-refractivity contribution in [3.63, 3.8) is 0 Å². The Bertz CT molecular complexity index is 1100. The molecule has 1 fully saturated rings. The lowest BCUT2D eigenvalue weighted by Gasteiger charge is -2.26. The zero-order valence-corrected chi connectivity index (χ0v) is 17.3. The molecule has 0 bridgehead atoms. The molecule has 30 heavy (non-hydrogen) atoms. The highest BCUT2D eigenvalue weighted by atomic mass is 79.9. The number of barbiturate groups is 1. The van der Waals surface area contributed by atoms with E-state index in [2.05, 4.69) is 21.2 Å². The predicted molar refractivity (Wildman–Crippen MR) is 107 cm³/mol. The van der Waals surface area contributed by atoms with Crippen molar-refractivity contribution in [2.45, 2.75) is 6.92 Å². The van der Waals surface area contributed by atoms with E-state index in [1.807, 2.05) is 0 Å². The fourth-order valence-corrected chi connectivity index (χ4v) is 3.13. The highest BCUT2D eigenvalue weighted by Gasteiger charge is 2.37. The van der Waals surface area contributed by atoms with Gasteiger partial charge in [-0.25, -0.2) is 14.1 Å². The molecule has 1 N–H and O–H groups in total. The van der Waals surface area contributed by atoms with E-state index in [1.165, 1.54) is 44.4 Å². The third kappa shape index (κ3) is 4.23. The van der Waals surface area contributed by atoms with Crippen LogP contribution < -0.4 is 19.7 Å². The number of hydrogen-bond donors (Lipinski definition) is 1. The molecule has 0 unspecified atom stereocenters. The Morgan fingerprint density at radius 3 is 2.40 bits per heavy atom. The van der Waals surface area contributed by atoms with Crippen molar-refractivity contribution < 1.29 is 33.0 Å². The van der Waals surface area contributed by atoms with Crippen LogP contribution in [-0.4, -0.2) is 30.9 Å². The van der Waals surface area contributed by atoms with E-state index in [0.29, 0.717) is 10.0 Å². The molecule has 10 heteroatoms. The summed E-state index contributed by atoms with van der Waals surface area (Å²) in [6.07, 6.45) is 1.25. The standard InChI is InChI=1S/C20H14BrFN2O6/c1-10(25)30-17-9-15(21)11(8-16(17)29-2)7-14-18(26)23-20(28)24(19(14)27)13-5-3-12(22)4-6-13/h3-9H,1-2H3,(H,23,26,28)/b14-7+. The lowest BCUT2D eigenvalue weighted by molar-refractivity contribution is -0.132. The van der Waals surface area contributed by atoms with E-state index in [9.17, 15) is 23.6 Å². The van der Waals surface area contributed by atoms with Crippen molar-refractivity contribution >= 4 is 51.5 Å². The quantitative estimate of drug-likeness (QED) is 0.314. The van der Waals surface area contributed by atoms with Gasteiger partial charge in [0, 0.05) is 11.4 Å². The maximum absolute atomic E-state index is 13.2. The summed E-state index contributed by atoms with van der Waals surface area (Å²) in [5.74, 6) is -2.54. The molecule has 0 atom stereocenters. The first-order valence-corrected chi connectivity index (χ1v) is 9.23. The van der Waals surface area contributed by atoms with Gasteiger partial charge in [-0.05, 0) is 48.0 Å². The summed E-state index contributed by atoms with van der Waals surface area (Å²) < 4.78 is 23.8. The first-order chi connectivity index (χ1) is 14.2. The van der Waals surface area contributed by atoms with E-state index < -0.39 is 29.6 Å². The lowest BCUT2D eigenvalue weighted by atomic mass is 10.1. The molecule has 1 heterocycles. The molecule has 0 aliphatic carbocycles. The topological polar surface area (TPSA) is 102 Å². The number of urea groups is 1. The molecule has 154 valence electrons. The van der Waals surface area contributed by atoms with Crippen LogP contribution in [0.3, 0.4) is 0 Å². The maximum atomic E-state index is 13.2. The maximum Gasteiger partial charge on any atom is 0.335 e. The summed E-state index contributed by atoms with van der Waals surface area (Å²) in [4.78, 5) is 49.3. The number of benzene rings is 2. The fourth-order valence-electron chi connectivity index (χ4n) is 2.69. The first-order valence-electron chi connectivity index (χ1n) is 8.44. The Kier molecular flexibility index (Phi) is 5.97. The van der Waals surface area contributed by atoms with Gasteiger partial charge in [-0.1, -0.05) is 15.9 Å². The Morgan fingerprint density at radius 2 is 1.80 bits per heavy atom. The molecule has 1 aliphatic heterocycles. The third-order valence-corrected chi connectivity index (χ3v) is 4.71. The summed E-state index contributed by atoms with van der Waals surface area (Å²) in [7, 11) is 1.36. The molecule has 0 spiro atoms. The monoisotopic (exact) mass is 476 g/mol. The normalized spacial score (nSPS) is 15.3. The second kappa shape index (κ2) is 8.46. The molecular formula is C20H14BrFN2O6. The fraction of sp³-hybridized carbons (Fsp3) is 0.100. The predicted octanol–water partition coefficient (Wildman–Crippen LogP) is 3.19. The SMILES string of the molecule is COc1cc(/C=C2\C(=O)NC(=O)N(c3ccc(F)cc3)C2=O)c(Br)cc1OC(C)=O. The van der Waals surface area contributed by atoms with Crippen LogP contribution in [-0.2, 0) is 14.4 Å². The Hall–Kier alpha value is -3.53. The smallest absolute Gasteiger partial charge is 0.335 e. The molecule has 0 aromatic heterocycles. The molecule has 2 aromatic rings. The van der Waals surface area contributed by atoms with Gasteiger partial charge in [0.15, 0.2) is 11.5 Å². The van der Waals surface area contributed by atoms with Gasteiger partial charge in [-0.2, -0.15) is 0 Å². The number of hydrogen-bond acceptors (Lipinski definition) is 6. The van der Waals surface area contributed by atoms with Crippen LogP contribution in [0.2, 0.25) is 0 Å². The van der Waals surface area contributed by atoms with Crippen molar-refractivity contribution in [2.75, 3.05) is 12.0 Å². The van der Waals surface area contributed by atoms with Crippen LogP contribution in [0.5, 0.6) is 11.5 Å². The second-order valence-corrected chi connectivity index (χ2v) is 6.91. The summed E-state index contributed by atoms with van der Waals surface area (Å²) in [6.45, 7) is 1.23. The second-order valence-electron chi connectivity index (χ2n) is 6.05. The molecular weight excluding hydrogens is 463 g/mol. The molecule has 1 aliphatic rings. The summed E-state index contributed by atoms with van der Waals surface area (Å²) in [6, 6.07) is 6.61. The van der Waals surface area contributed by atoms with Gasteiger partial charge in [-0.3, -0.25) is 19.7 Å². The van der Waals surface area contributed by atoms with E-state index >= 15 is 0 Å². The van der Waals surface area contributed by atoms with E-state index in [-0.39, 0.29) is 22.8 Å². The summed E-state index contributed by atoms with van der Waals surface area (Å²) >= 11 is 3.29. The average molecular weight is 477 g/mol. The third-order valence-electron chi connectivity index (χ3n) is 4.02. The van der Waals surface area contributed by atoms with Gasteiger partial charge in [0.2, 0.25) is 0 Å². The Morgan fingerprint density at radius 1 is 1.13 bits per heavy atom. The number of anilines is 1. The zero-order valence-electron chi connectivity index (χ0n) is 15.7. The van der Waals surface area contributed by atoms with Crippen LogP contribution in [0.1, 0.15) is 12.5 Å². The molecule has 8 nitrogen and oxygen atoms in total. The molecule has 1 saturated heterocycles. The highest BCUT2D eigenvalue weighted by molar-refractivity contribution is 9.10. The van der Waals surface area contributed by atoms with Gasteiger partial charge in [0.1, 0.15) is 11.4 Å². The minimum absolute atomic E-state index is 0.0964. The van der Waals surface area contributed by atoms with Crippen molar-refractivity contribution in [3.05, 3.63) is 57.8 Å². The minimum Gasteiger partial charge on any atom is -0.493 e. The number of halogens is 2. The van der Waals surface area contributed by atoms with Gasteiger partial charge >= 0.3 is 12.0 Å². The average Bonchev–Trinajstić information content (AvgIpc) is 2.67. The van der Waals surface area contributed by atoms with Crippen LogP contribution in [0.25, 0.3) is 6.08 Å². The first kappa shape index (κ1) is 21.2. The van der Waals surface area contributed by atoms with Gasteiger partial charge < -0.3 is 9.47 Å². The van der Waals surface area contributed by atoms with E-state index in [4.69, 9.17) is 9.47 Å². The number of nitrogens with zero attached hydrogens (tertiary/aromatic N) is 1. The highest BCUT2D eigenvalue weighted by Crippen LogP contribution is 2.35. The van der Waals surface area contributed by atoms with Crippen molar-refractivity contribution in [3.8, 4) is 11.5 Å². The van der Waals surface area contributed by atoms with Crippen molar-refractivity contribution in [2.24, 2.45) is 0 Å². The Balaban J connectivity index is 2.04. The van der Waals surface area contributed by atoms with Crippen molar-refractivity contribution in [1.82, 2.24) is 5.32 Å². The number of methoxy groups -OCH3 is 1. The van der Waals surface area contributed by atoms with Crippen LogP contribution in [0.15, 0.2) is 46.4 Å². The molecule has 2 aromatic carbocycles. The molecule has 0 radical (unpaired) electrons. The van der Waals surface area contributed by atoms with Crippen LogP contribution in [0.4, 0.5) is 14.9 Å². The van der Waals surface area contributed by atoms with Gasteiger partial charge in [0.05, 0.1) is 12.8 Å². The number of rotatable bonds is 4. The van der Waals surface area contributed by atoms with Gasteiger partial charge in [0.25, 0.3) is 11.8 Å². The van der Waals surface area contributed by atoms with Crippen LogP contribution >= 0.6 is 15.9 Å². The largest absolute Gasteiger partial charge is 0.493 e. The zero-order chi connectivity index (χ0) is 22.0. The number of esters is 1. The van der Waals surface area contributed by atoms with E-state index in [0.717, 1.165) is 17.0 Å². The summed E-state index contributed by atoms with van der Waals surface area (Å²) in [5.41, 5.74) is 0.121. The van der Waals surface area contributed by atoms with Crippen molar-refractivity contribution in [1.29, 1.82) is 0 Å². The van der Waals surface area contributed by atoms with Crippen LogP contribution in [0, 0.1) is 5.82 Å². The number of amides is 4. The number of carbonyl (C=O) groups excluding carboxylic acids is 4. The number of carbonyl (C=O) groups is 4. The molecule has 0 saturated carbocycles.